The molecule has 0 aromatic carbocycles. The van der Waals surface area contributed by atoms with Crippen LogP contribution in [0.25, 0.3) is 0 Å². The lowest BCUT2D eigenvalue weighted by Gasteiger charge is -2.22. The first-order valence-electron chi connectivity index (χ1n) is 5.26. The average Bonchev–Trinajstić information content (AvgIpc) is 2.91. The Hall–Kier alpha value is -0.390. The smallest absolute Gasteiger partial charge is 0.263 e. The van der Waals surface area contributed by atoms with E-state index in [0.29, 0.717) is 6.54 Å². The lowest BCUT2D eigenvalue weighted by molar-refractivity contribution is 0.0771. The van der Waals surface area contributed by atoms with E-state index in [4.69, 9.17) is 5.73 Å². The van der Waals surface area contributed by atoms with Crippen LogP contribution < -0.4 is 5.73 Å². The minimum absolute atomic E-state index is 0.0930. The van der Waals surface area contributed by atoms with Gasteiger partial charge in [-0.15, -0.1) is 11.3 Å². The van der Waals surface area contributed by atoms with Gasteiger partial charge in [-0.25, -0.2) is 0 Å². The van der Waals surface area contributed by atoms with Crippen molar-refractivity contribution in [3.63, 3.8) is 0 Å². The molecule has 1 aromatic rings. The van der Waals surface area contributed by atoms with Gasteiger partial charge in [-0.3, -0.25) is 4.79 Å². The Morgan fingerprint density at radius 2 is 2.38 bits per heavy atom. The van der Waals surface area contributed by atoms with Crippen LogP contribution in [0.4, 0.5) is 0 Å². The molecule has 1 saturated carbocycles. The molecule has 1 fully saturated rings. The normalized spacial score (nSPS) is 17.2. The zero-order valence-corrected chi connectivity index (χ0v) is 11.6. The van der Waals surface area contributed by atoms with Gasteiger partial charge in [0.2, 0.25) is 0 Å². The molecule has 0 spiro atoms. The van der Waals surface area contributed by atoms with Gasteiger partial charge in [0.05, 0.1) is 4.88 Å². The second kappa shape index (κ2) is 4.47. The molecule has 1 heterocycles. The molecule has 16 heavy (non-hydrogen) atoms. The third-order valence-corrected chi connectivity index (χ3v) is 4.77. The van der Waals surface area contributed by atoms with Gasteiger partial charge in [0.15, 0.2) is 0 Å². The monoisotopic (exact) mass is 302 g/mol. The summed E-state index contributed by atoms with van der Waals surface area (Å²) in [6.45, 7) is 1.45. The van der Waals surface area contributed by atoms with Gasteiger partial charge in [0, 0.05) is 28.9 Å². The quantitative estimate of drug-likeness (QED) is 0.928. The third kappa shape index (κ3) is 2.47. The van der Waals surface area contributed by atoms with Gasteiger partial charge in [-0.05, 0) is 41.4 Å². The minimum Gasteiger partial charge on any atom is -0.340 e. The van der Waals surface area contributed by atoms with Crippen molar-refractivity contribution >= 4 is 33.2 Å². The van der Waals surface area contributed by atoms with Crippen molar-refractivity contribution in [1.82, 2.24) is 4.90 Å². The van der Waals surface area contributed by atoms with Gasteiger partial charge in [0.1, 0.15) is 0 Å². The molecular formula is C11H15BrN2OS. The van der Waals surface area contributed by atoms with Gasteiger partial charge >= 0.3 is 0 Å². The molecule has 0 saturated heterocycles. The van der Waals surface area contributed by atoms with Gasteiger partial charge in [0.25, 0.3) is 5.91 Å². The molecule has 1 aliphatic rings. The number of thiophene rings is 1. The fourth-order valence-electron chi connectivity index (χ4n) is 1.79. The Labute approximate surface area is 108 Å². The van der Waals surface area contributed by atoms with E-state index in [1.165, 1.54) is 11.3 Å². The highest BCUT2D eigenvalue weighted by molar-refractivity contribution is 9.10. The van der Waals surface area contributed by atoms with E-state index in [2.05, 4.69) is 15.9 Å². The maximum Gasteiger partial charge on any atom is 0.263 e. The van der Waals surface area contributed by atoms with E-state index in [-0.39, 0.29) is 11.3 Å². The number of nitrogens with zero attached hydrogens (tertiary/aromatic N) is 1. The van der Waals surface area contributed by atoms with Crippen molar-refractivity contribution < 1.29 is 4.79 Å². The molecule has 0 unspecified atom stereocenters. The van der Waals surface area contributed by atoms with Crippen LogP contribution in [0.1, 0.15) is 22.5 Å². The van der Waals surface area contributed by atoms with E-state index in [1.807, 2.05) is 18.5 Å². The van der Waals surface area contributed by atoms with E-state index in [9.17, 15) is 4.79 Å². The molecule has 1 aliphatic carbocycles. The third-order valence-electron chi connectivity index (χ3n) is 3.09. The van der Waals surface area contributed by atoms with Crippen LogP contribution in [-0.4, -0.2) is 30.9 Å². The average molecular weight is 303 g/mol. The Morgan fingerprint density at radius 3 is 2.81 bits per heavy atom. The fourth-order valence-corrected chi connectivity index (χ4v) is 3.21. The van der Waals surface area contributed by atoms with E-state index in [0.717, 1.165) is 28.7 Å². The molecule has 1 aromatic heterocycles. The summed E-state index contributed by atoms with van der Waals surface area (Å²) in [6.07, 6.45) is 2.30. The molecule has 0 aliphatic heterocycles. The second-order valence-corrected chi connectivity index (χ2v) is 6.32. The van der Waals surface area contributed by atoms with Crippen molar-refractivity contribution in [2.24, 2.45) is 11.1 Å². The number of hydrogen-bond acceptors (Lipinski definition) is 3. The predicted octanol–water partition coefficient (Wildman–Crippen LogP) is 2.32. The van der Waals surface area contributed by atoms with Crippen LogP contribution in [0, 0.1) is 5.41 Å². The number of halogens is 1. The Morgan fingerprint density at radius 1 is 1.69 bits per heavy atom. The first-order chi connectivity index (χ1) is 7.56. The predicted molar refractivity (Wildman–Crippen MR) is 69.7 cm³/mol. The van der Waals surface area contributed by atoms with Crippen LogP contribution in [0.5, 0.6) is 0 Å². The summed E-state index contributed by atoms with van der Waals surface area (Å²) in [5, 5.41) is 1.93. The van der Waals surface area contributed by atoms with Crippen LogP contribution in [-0.2, 0) is 0 Å². The van der Waals surface area contributed by atoms with Crippen LogP contribution >= 0.6 is 27.3 Å². The van der Waals surface area contributed by atoms with Gasteiger partial charge in [-0.1, -0.05) is 0 Å². The zero-order chi connectivity index (χ0) is 11.8. The highest BCUT2D eigenvalue weighted by Gasteiger charge is 2.42. The summed E-state index contributed by atoms with van der Waals surface area (Å²) < 4.78 is 0.967. The molecule has 3 nitrogen and oxygen atoms in total. The highest BCUT2D eigenvalue weighted by Crippen LogP contribution is 2.45. The summed E-state index contributed by atoms with van der Waals surface area (Å²) in [5.74, 6) is 0.0930. The first-order valence-corrected chi connectivity index (χ1v) is 6.93. The van der Waals surface area contributed by atoms with Gasteiger partial charge in [-0.2, -0.15) is 0 Å². The summed E-state index contributed by atoms with van der Waals surface area (Å²) in [4.78, 5) is 14.6. The summed E-state index contributed by atoms with van der Waals surface area (Å²) in [7, 11) is 1.85. The standard InChI is InChI=1S/C11H15BrN2OS/c1-14(7-11(6-13)2-3-11)10(15)9-4-8(12)5-16-9/h4-5H,2-3,6-7,13H2,1H3. The van der Waals surface area contributed by atoms with E-state index < -0.39 is 0 Å². The molecule has 0 radical (unpaired) electrons. The van der Waals surface area contributed by atoms with Crippen LogP contribution in [0.3, 0.4) is 0 Å². The number of rotatable bonds is 4. The lowest BCUT2D eigenvalue weighted by atomic mass is 10.1. The summed E-state index contributed by atoms with van der Waals surface area (Å²) in [6, 6.07) is 1.87. The SMILES string of the molecule is CN(CC1(CN)CC1)C(=O)c1cc(Br)cs1. The molecule has 0 bridgehead atoms. The van der Waals surface area contributed by atoms with Crippen molar-refractivity contribution in [3.8, 4) is 0 Å². The Kier molecular flexibility index (Phi) is 3.37. The van der Waals surface area contributed by atoms with Gasteiger partial charge < -0.3 is 10.6 Å². The molecule has 0 atom stereocenters. The molecule has 2 N–H and O–H groups in total. The number of nitrogens with two attached hydrogens (primary N) is 1. The fraction of sp³-hybridized carbons (Fsp3) is 0.545. The largest absolute Gasteiger partial charge is 0.340 e. The molecule has 5 heteroatoms. The van der Waals surface area contributed by atoms with Crippen LogP contribution in [0.2, 0.25) is 0 Å². The van der Waals surface area contributed by atoms with Crippen molar-refractivity contribution in [2.75, 3.05) is 20.1 Å². The molecule has 1 amide bonds. The minimum atomic E-state index is 0.0930. The molecule has 2 rings (SSSR count). The maximum absolute atomic E-state index is 12.1. The number of carbonyl (C=O) groups excluding carboxylic acids is 1. The first kappa shape index (κ1) is 12.1. The van der Waals surface area contributed by atoms with E-state index >= 15 is 0 Å². The summed E-state index contributed by atoms with van der Waals surface area (Å²) >= 11 is 4.83. The number of amides is 1. The Bertz CT molecular complexity index is 400. The molecule has 88 valence electrons. The lowest BCUT2D eigenvalue weighted by Crippen LogP contribution is -2.35. The maximum atomic E-state index is 12.1. The van der Waals surface area contributed by atoms with E-state index in [1.54, 1.807) is 4.90 Å². The molecular weight excluding hydrogens is 288 g/mol. The number of hydrogen-bond donors (Lipinski definition) is 1. The van der Waals surface area contributed by atoms with Crippen molar-refractivity contribution in [3.05, 3.63) is 20.8 Å². The number of carbonyl (C=O) groups is 1. The van der Waals surface area contributed by atoms with Crippen LogP contribution in [0.15, 0.2) is 15.9 Å². The zero-order valence-electron chi connectivity index (χ0n) is 9.20. The second-order valence-electron chi connectivity index (χ2n) is 4.49. The summed E-state index contributed by atoms with van der Waals surface area (Å²) in [5.41, 5.74) is 5.92. The Balaban J connectivity index is 1.99. The van der Waals surface area contributed by atoms with Crippen molar-refractivity contribution in [2.45, 2.75) is 12.8 Å². The van der Waals surface area contributed by atoms with Crippen molar-refractivity contribution in [1.29, 1.82) is 0 Å². The topological polar surface area (TPSA) is 46.3 Å². The highest BCUT2D eigenvalue weighted by atomic mass is 79.9.